The minimum absolute atomic E-state index is 0.0789. The van der Waals surface area contributed by atoms with Gasteiger partial charge >= 0.3 is 0 Å². The lowest BCUT2D eigenvalue weighted by Gasteiger charge is -2.15. The van der Waals surface area contributed by atoms with E-state index in [1.54, 1.807) is 19.5 Å². The summed E-state index contributed by atoms with van der Waals surface area (Å²) in [6.45, 7) is 2.09. The largest absolute Gasteiger partial charge is 0.495 e. The second-order valence-electron chi connectivity index (χ2n) is 4.42. The average molecular weight is 242 g/mol. The normalized spacial score (nSPS) is 12.2. The zero-order valence-corrected chi connectivity index (χ0v) is 10.8. The Kier molecular flexibility index (Phi) is 3.95. The number of aromatic nitrogens is 1. The highest BCUT2D eigenvalue weighted by Crippen LogP contribution is 2.24. The van der Waals surface area contributed by atoms with Crippen LogP contribution in [0.2, 0.25) is 0 Å². The minimum Gasteiger partial charge on any atom is -0.495 e. The summed E-state index contributed by atoms with van der Waals surface area (Å²) in [5.41, 5.74) is 9.73. The second kappa shape index (κ2) is 5.65. The van der Waals surface area contributed by atoms with Gasteiger partial charge in [-0.1, -0.05) is 29.8 Å². The Hall–Kier alpha value is -1.87. The first-order chi connectivity index (χ1) is 8.70. The number of rotatable bonds is 4. The molecule has 0 saturated carbocycles. The van der Waals surface area contributed by atoms with E-state index in [-0.39, 0.29) is 6.04 Å². The van der Waals surface area contributed by atoms with Crippen molar-refractivity contribution in [2.75, 3.05) is 7.11 Å². The smallest absolute Gasteiger partial charge is 0.141 e. The standard InChI is InChI=1S/C15H18N2O/c1-11-4-3-5-12(8-11)9-14(16)13-6-7-17-10-15(13)18-2/h3-8,10,14H,9,16H2,1-2H3. The summed E-state index contributed by atoms with van der Waals surface area (Å²) in [4.78, 5) is 4.04. The summed E-state index contributed by atoms with van der Waals surface area (Å²) < 4.78 is 5.29. The third-order valence-electron chi connectivity index (χ3n) is 2.97. The van der Waals surface area contributed by atoms with Crippen LogP contribution in [0.4, 0.5) is 0 Å². The molecule has 1 atom stereocenters. The van der Waals surface area contributed by atoms with E-state index in [0.717, 1.165) is 17.7 Å². The van der Waals surface area contributed by atoms with Crippen LogP contribution >= 0.6 is 0 Å². The molecular formula is C15H18N2O. The van der Waals surface area contributed by atoms with Gasteiger partial charge in [-0.25, -0.2) is 0 Å². The fraction of sp³-hybridized carbons (Fsp3) is 0.267. The topological polar surface area (TPSA) is 48.1 Å². The molecule has 2 rings (SSSR count). The monoisotopic (exact) mass is 242 g/mol. The molecule has 1 unspecified atom stereocenters. The van der Waals surface area contributed by atoms with Gasteiger partial charge in [-0.15, -0.1) is 0 Å². The molecule has 1 aromatic carbocycles. The SMILES string of the molecule is COc1cnccc1C(N)Cc1cccc(C)c1. The fourth-order valence-corrected chi connectivity index (χ4v) is 2.07. The highest BCUT2D eigenvalue weighted by Gasteiger charge is 2.12. The van der Waals surface area contributed by atoms with E-state index >= 15 is 0 Å². The van der Waals surface area contributed by atoms with Crippen LogP contribution in [0.1, 0.15) is 22.7 Å². The average Bonchev–Trinajstić information content (AvgIpc) is 2.38. The minimum atomic E-state index is -0.0789. The zero-order chi connectivity index (χ0) is 13.0. The fourth-order valence-electron chi connectivity index (χ4n) is 2.07. The number of nitrogens with zero attached hydrogens (tertiary/aromatic N) is 1. The molecule has 94 valence electrons. The summed E-state index contributed by atoms with van der Waals surface area (Å²) in [5.74, 6) is 0.748. The first kappa shape index (κ1) is 12.6. The molecule has 1 heterocycles. The van der Waals surface area contributed by atoms with Crippen molar-refractivity contribution >= 4 is 0 Å². The van der Waals surface area contributed by atoms with E-state index in [0.29, 0.717) is 0 Å². The van der Waals surface area contributed by atoms with Gasteiger partial charge in [0, 0.05) is 17.8 Å². The van der Waals surface area contributed by atoms with Gasteiger partial charge in [0.2, 0.25) is 0 Å². The molecule has 0 amide bonds. The Balaban J connectivity index is 2.19. The highest BCUT2D eigenvalue weighted by molar-refractivity contribution is 5.34. The molecule has 0 radical (unpaired) electrons. The molecule has 3 heteroatoms. The Morgan fingerprint density at radius 2 is 2.17 bits per heavy atom. The molecule has 2 N–H and O–H groups in total. The van der Waals surface area contributed by atoms with E-state index in [1.165, 1.54) is 11.1 Å². The number of nitrogens with two attached hydrogens (primary N) is 1. The van der Waals surface area contributed by atoms with Gasteiger partial charge < -0.3 is 10.5 Å². The molecule has 0 saturated heterocycles. The van der Waals surface area contributed by atoms with Gasteiger partial charge in [0.05, 0.1) is 13.3 Å². The van der Waals surface area contributed by atoms with Crippen LogP contribution in [0.5, 0.6) is 5.75 Å². The van der Waals surface area contributed by atoms with Crippen LogP contribution in [-0.4, -0.2) is 12.1 Å². The van der Waals surface area contributed by atoms with Crippen LogP contribution in [0.15, 0.2) is 42.7 Å². The van der Waals surface area contributed by atoms with E-state index < -0.39 is 0 Å². The summed E-state index contributed by atoms with van der Waals surface area (Å²) in [7, 11) is 1.64. The Labute approximate surface area is 108 Å². The van der Waals surface area contributed by atoms with E-state index in [1.807, 2.05) is 6.07 Å². The molecular weight excluding hydrogens is 224 g/mol. The van der Waals surface area contributed by atoms with Gasteiger partial charge in [-0.2, -0.15) is 0 Å². The van der Waals surface area contributed by atoms with Crippen LogP contribution in [0, 0.1) is 6.92 Å². The molecule has 0 bridgehead atoms. The number of ether oxygens (including phenoxy) is 1. The second-order valence-corrected chi connectivity index (χ2v) is 4.42. The van der Waals surface area contributed by atoms with Crippen molar-refractivity contribution in [3.05, 3.63) is 59.4 Å². The summed E-state index contributed by atoms with van der Waals surface area (Å²) >= 11 is 0. The van der Waals surface area contributed by atoms with Gasteiger partial charge in [0.15, 0.2) is 0 Å². The molecule has 1 aromatic heterocycles. The van der Waals surface area contributed by atoms with Gasteiger partial charge in [-0.05, 0) is 25.0 Å². The quantitative estimate of drug-likeness (QED) is 0.896. The lowest BCUT2D eigenvalue weighted by atomic mass is 9.99. The first-order valence-electron chi connectivity index (χ1n) is 5.99. The number of methoxy groups -OCH3 is 1. The van der Waals surface area contributed by atoms with Crippen LogP contribution in [0.25, 0.3) is 0 Å². The van der Waals surface area contributed by atoms with Crippen molar-refractivity contribution in [1.82, 2.24) is 4.98 Å². The lowest BCUT2D eigenvalue weighted by Crippen LogP contribution is -2.14. The first-order valence-corrected chi connectivity index (χ1v) is 5.99. The maximum atomic E-state index is 6.25. The Morgan fingerprint density at radius 3 is 2.89 bits per heavy atom. The van der Waals surface area contributed by atoms with Crippen molar-refractivity contribution in [2.24, 2.45) is 5.73 Å². The molecule has 0 spiro atoms. The van der Waals surface area contributed by atoms with Crippen molar-refractivity contribution < 1.29 is 4.74 Å². The predicted molar refractivity (Wildman–Crippen MR) is 72.6 cm³/mol. The number of aryl methyl sites for hydroxylation is 1. The third kappa shape index (κ3) is 2.87. The van der Waals surface area contributed by atoms with Gasteiger partial charge in [-0.3, -0.25) is 4.98 Å². The number of hydrogen-bond donors (Lipinski definition) is 1. The van der Waals surface area contributed by atoms with Crippen molar-refractivity contribution in [3.8, 4) is 5.75 Å². The van der Waals surface area contributed by atoms with Crippen molar-refractivity contribution in [3.63, 3.8) is 0 Å². The molecule has 0 aliphatic heterocycles. The molecule has 0 fully saturated rings. The molecule has 0 aliphatic rings. The van der Waals surface area contributed by atoms with E-state index in [2.05, 4.69) is 36.2 Å². The van der Waals surface area contributed by atoms with Crippen molar-refractivity contribution in [2.45, 2.75) is 19.4 Å². The van der Waals surface area contributed by atoms with Crippen LogP contribution in [-0.2, 0) is 6.42 Å². The maximum Gasteiger partial charge on any atom is 0.141 e. The van der Waals surface area contributed by atoms with Gasteiger partial charge in [0.1, 0.15) is 5.75 Å². The third-order valence-corrected chi connectivity index (χ3v) is 2.97. The van der Waals surface area contributed by atoms with E-state index in [9.17, 15) is 0 Å². The maximum absolute atomic E-state index is 6.25. The molecule has 0 aliphatic carbocycles. The lowest BCUT2D eigenvalue weighted by molar-refractivity contribution is 0.403. The molecule has 2 aromatic rings. The predicted octanol–water partition coefficient (Wildman–Crippen LogP) is 2.64. The number of pyridine rings is 1. The Morgan fingerprint density at radius 1 is 1.33 bits per heavy atom. The van der Waals surface area contributed by atoms with Crippen molar-refractivity contribution in [1.29, 1.82) is 0 Å². The zero-order valence-electron chi connectivity index (χ0n) is 10.8. The summed E-state index contributed by atoms with van der Waals surface area (Å²) in [6.07, 6.45) is 4.24. The van der Waals surface area contributed by atoms with E-state index in [4.69, 9.17) is 10.5 Å². The summed E-state index contributed by atoms with van der Waals surface area (Å²) in [5, 5.41) is 0. The number of benzene rings is 1. The number of hydrogen-bond acceptors (Lipinski definition) is 3. The molecule has 3 nitrogen and oxygen atoms in total. The van der Waals surface area contributed by atoms with Crippen LogP contribution < -0.4 is 10.5 Å². The van der Waals surface area contributed by atoms with Gasteiger partial charge in [0.25, 0.3) is 0 Å². The highest BCUT2D eigenvalue weighted by atomic mass is 16.5. The van der Waals surface area contributed by atoms with Crippen LogP contribution in [0.3, 0.4) is 0 Å². The Bertz CT molecular complexity index is 525. The molecule has 18 heavy (non-hydrogen) atoms. The summed E-state index contributed by atoms with van der Waals surface area (Å²) in [6, 6.07) is 10.2.